The van der Waals surface area contributed by atoms with Crippen LogP contribution in [0.25, 0.3) is 0 Å². The number of hydrogen-bond donors (Lipinski definition) is 1. The number of carbonyl (C=O) groups excluding carboxylic acids is 1. The molecule has 0 saturated carbocycles. The topological polar surface area (TPSA) is 47.6 Å². The Bertz CT molecular complexity index is 724. The van der Waals surface area contributed by atoms with Crippen LogP contribution in [0, 0.1) is 5.82 Å². The minimum Gasteiger partial charge on any atom is -0.454 e. The lowest BCUT2D eigenvalue weighted by Gasteiger charge is -2.07. The van der Waals surface area contributed by atoms with Crippen LogP contribution in [-0.2, 0) is 10.5 Å². The Morgan fingerprint density at radius 2 is 1.91 bits per heavy atom. The fourth-order valence-electron chi connectivity index (χ4n) is 2.05. The zero-order chi connectivity index (χ0) is 16.2. The molecule has 1 aliphatic heterocycles. The lowest BCUT2D eigenvalue weighted by Crippen LogP contribution is -2.14. The van der Waals surface area contributed by atoms with E-state index in [0.29, 0.717) is 17.2 Å². The fourth-order valence-corrected chi connectivity index (χ4v) is 3.52. The number of fused-ring (bicyclic) bond motifs is 1. The van der Waals surface area contributed by atoms with Crippen molar-refractivity contribution in [1.82, 2.24) is 0 Å². The third-order valence-electron chi connectivity index (χ3n) is 3.16. The van der Waals surface area contributed by atoms with Crippen molar-refractivity contribution in [2.45, 2.75) is 5.75 Å². The smallest absolute Gasteiger partial charge is 0.234 e. The molecule has 0 bridgehead atoms. The summed E-state index contributed by atoms with van der Waals surface area (Å²) >= 11 is 4.98. The number of thioether (sulfide) groups is 1. The van der Waals surface area contributed by atoms with Crippen molar-refractivity contribution < 1.29 is 18.7 Å². The Labute approximate surface area is 145 Å². The molecule has 0 saturated heterocycles. The molecule has 3 rings (SSSR count). The minimum atomic E-state index is -0.329. The maximum Gasteiger partial charge on any atom is 0.234 e. The number of hydrogen-bond acceptors (Lipinski definition) is 4. The molecule has 2 aromatic rings. The number of halogens is 2. The Hall–Kier alpha value is -1.73. The highest BCUT2D eigenvalue weighted by atomic mass is 79.9. The summed E-state index contributed by atoms with van der Waals surface area (Å²) in [6, 6.07) is 9.48. The van der Waals surface area contributed by atoms with Crippen LogP contribution in [0.2, 0.25) is 0 Å². The van der Waals surface area contributed by atoms with E-state index in [1.165, 1.54) is 36.0 Å². The molecule has 1 heterocycles. The summed E-state index contributed by atoms with van der Waals surface area (Å²) in [5, 5.41) is 2.73. The van der Waals surface area contributed by atoms with E-state index >= 15 is 0 Å². The lowest BCUT2D eigenvalue weighted by atomic mass is 10.2. The SMILES string of the molecule is O=C(CSCc1cc2c(cc1Br)OCO2)Nc1ccc(F)cc1. The molecular weight excluding hydrogens is 385 g/mol. The van der Waals surface area contributed by atoms with Gasteiger partial charge in [-0.05, 0) is 42.0 Å². The highest BCUT2D eigenvalue weighted by Crippen LogP contribution is 2.38. The summed E-state index contributed by atoms with van der Waals surface area (Å²) in [6.07, 6.45) is 0. The van der Waals surface area contributed by atoms with Gasteiger partial charge >= 0.3 is 0 Å². The summed E-state index contributed by atoms with van der Waals surface area (Å²) in [4.78, 5) is 11.9. The van der Waals surface area contributed by atoms with Crippen molar-refractivity contribution in [3.63, 3.8) is 0 Å². The maximum absolute atomic E-state index is 12.8. The van der Waals surface area contributed by atoms with E-state index in [9.17, 15) is 9.18 Å². The van der Waals surface area contributed by atoms with Gasteiger partial charge in [0.05, 0.1) is 5.75 Å². The fraction of sp³-hybridized carbons (Fsp3) is 0.188. The van der Waals surface area contributed by atoms with Gasteiger partial charge in [-0.25, -0.2) is 4.39 Å². The van der Waals surface area contributed by atoms with Crippen molar-refractivity contribution >= 4 is 39.3 Å². The highest BCUT2D eigenvalue weighted by Gasteiger charge is 2.16. The van der Waals surface area contributed by atoms with Gasteiger partial charge < -0.3 is 14.8 Å². The van der Waals surface area contributed by atoms with Gasteiger partial charge in [-0.15, -0.1) is 11.8 Å². The van der Waals surface area contributed by atoms with Crippen molar-refractivity contribution in [2.75, 3.05) is 17.9 Å². The molecule has 0 aliphatic carbocycles. The van der Waals surface area contributed by atoms with Gasteiger partial charge in [-0.1, -0.05) is 15.9 Å². The molecule has 1 aliphatic rings. The molecule has 0 atom stereocenters. The van der Waals surface area contributed by atoms with Crippen LogP contribution in [-0.4, -0.2) is 18.5 Å². The summed E-state index contributed by atoms with van der Waals surface area (Å²) in [6.45, 7) is 0.235. The van der Waals surface area contributed by atoms with Gasteiger partial charge in [0.1, 0.15) is 5.82 Å². The van der Waals surface area contributed by atoms with Crippen LogP contribution in [0.4, 0.5) is 10.1 Å². The van der Waals surface area contributed by atoms with Crippen molar-refractivity contribution in [3.05, 3.63) is 52.3 Å². The summed E-state index contributed by atoms with van der Waals surface area (Å²) in [7, 11) is 0. The Kier molecular flexibility index (Phi) is 5.07. The van der Waals surface area contributed by atoms with Crippen molar-refractivity contribution in [1.29, 1.82) is 0 Å². The number of rotatable bonds is 5. The van der Waals surface area contributed by atoms with Gasteiger partial charge in [0.15, 0.2) is 11.5 Å². The minimum absolute atomic E-state index is 0.126. The van der Waals surface area contributed by atoms with Crippen LogP contribution in [0.3, 0.4) is 0 Å². The second kappa shape index (κ2) is 7.23. The van der Waals surface area contributed by atoms with Gasteiger partial charge in [-0.3, -0.25) is 4.79 Å². The average Bonchev–Trinajstić information content (AvgIpc) is 2.97. The van der Waals surface area contributed by atoms with Gasteiger partial charge in [0.2, 0.25) is 12.7 Å². The van der Waals surface area contributed by atoms with E-state index in [0.717, 1.165) is 21.5 Å². The number of anilines is 1. The van der Waals surface area contributed by atoms with E-state index in [4.69, 9.17) is 9.47 Å². The summed E-state index contributed by atoms with van der Waals surface area (Å²) in [5.74, 6) is 1.95. The predicted octanol–water partition coefficient (Wildman–Crippen LogP) is 4.19. The molecule has 1 N–H and O–H groups in total. The number of nitrogens with one attached hydrogen (secondary N) is 1. The molecule has 0 spiro atoms. The normalized spacial score (nSPS) is 12.3. The molecule has 1 amide bonds. The van der Waals surface area contributed by atoms with E-state index < -0.39 is 0 Å². The molecule has 2 aromatic carbocycles. The highest BCUT2D eigenvalue weighted by molar-refractivity contribution is 9.10. The van der Waals surface area contributed by atoms with E-state index in [1.807, 2.05) is 12.1 Å². The first-order valence-corrected chi connectivity index (χ1v) is 8.78. The molecule has 0 fully saturated rings. The number of benzene rings is 2. The van der Waals surface area contributed by atoms with Crippen molar-refractivity contribution in [3.8, 4) is 11.5 Å². The average molecular weight is 398 g/mol. The molecule has 0 aromatic heterocycles. The Morgan fingerprint density at radius 3 is 2.65 bits per heavy atom. The van der Waals surface area contributed by atoms with E-state index in [1.54, 1.807) is 0 Å². The molecule has 0 unspecified atom stereocenters. The van der Waals surface area contributed by atoms with Gasteiger partial charge in [0.25, 0.3) is 0 Å². The Morgan fingerprint density at radius 1 is 1.22 bits per heavy atom. The summed E-state index contributed by atoms with van der Waals surface area (Å²) in [5.41, 5.74) is 1.62. The molecule has 4 nitrogen and oxygen atoms in total. The standard InChI is InChI=1S/C16H13BrFNO3S/c17-13-6-15-14(21-9-22-15)5-10(13)7-23-8-16(20)19-12-3-1-11(18)2-4-12/h1-6H,7-9H2,(H,19,20). The van der Waals surface area contributed by atoms with Crippen molar-refractivity contribution in [2.24, 2.45) is 0 Å². The predicted molar refractivity (Wildman–Crippen MR) is 91.5 cm³/mol. The molecule has 7 heteroatoms. The lowest BCUT2D eigenvalue weighted by molar-refractivity contribution is -0.113. The number of carbonyl (C=O) groups is 1. The van der Waals surface area contributed by atoms with Crippen LogP contribution in [0.1, 0.15) is 5.56 Å². The third-order valence-corrected chi connectivity index (χ3v) is 4.88. The quantitative estimate of drug-likeness (QED) is 0.821. The van der Waals surface area contributed by atoms with Gasteiger partial charge in [-0.2, -0.15) is 0 Å². The van der Waals surface area contributed by atoms with Crippen LogP contribution < -0.4 is 14.8 Å². The molecule has 120 valence electrons. The first kappa shape index (κ1) is 16.1. The van der Waals surface area contributed by atoms with E-state index in [-0.39, 0.29) is 18.5 Å². The largest absolute Gasteiger partial charge is 0.454 e. The Balaban J connectivity index is 1.51. The maximum atomic E-state index is 12.8. The van der Waals surface area contributed by atoms with Crippen LogP contribution in [0.15, 0.2) is 40.9 Å². The summed E-state index contributed by atoms with van der Waals surface area (Å²) < 4.78 is 24.4. The third kappa shape index (κ3) is 4.17. The zero-order valence-electron chi connectivity index (χ0n) is 12.0. The molecule has 0 radical (unpaired) electrons. The first-order chi connectivity index (χ1) is 11.1. The van der Waals surface area contributed by atoms with Crippen LogP contribution >= 0.6 is 27.7 Å². The number of ether oxygens (including phenoxy) is 2. The zero-order valence-corrected chi connectivity index (χ0v) is 14.4. The van der Waals surface area contributed by atoms with Crippen LogP contribution in [0.5, 0.6) is 11.5 Å². The second-order valence-corrected chi connectivity index (χ2v) is 6.68. The molecular formula is C16H13BrFNO3S. The monoisotopic (exact) mass is 397 g/mol. The first-order valence-electron chi connectivity index (χ1n) is 6.83. The second-order valence-electron chi connectivity index (χ2n) is 4.84. The number of amides is 1. The molecule has 23 heavy (non-hydrogen) atoms. The van der Waals surface area contributed by atoms with Gasteiger partial charge in [0, 0.05) is 15.9 Å². The van der Waals surface area contributed by atoms with E-state index in [2.05, 4.69) is 21.2 Å².